The molecule has 1 aliphatic heterocycles. The Kier molecular flexibility index (Phi) is 6.82. The Morgan fingerprint density at radius 2 is 2.11 bits per heavy atom. The third-order valence-electron chi connectivity index (χ3n) is 4.87. The predicted molar refractivity (Wildman–Crippen MR) is 110 cm³/mol. The molecule has 0 aliphatic carbocycles. The van der Waals surface area contributed by atoms with Gasteiger partial charge in [-0.2, -0.15) is 0 Å². The molecule has 0 amide bonds. The number of nitrogens with one attached hydrogen (secondary N) is 1. The Morgan fingerprint density at radius 1 is 1.26 bits per heavy atom. The standard InChI is InChI=1S/C22H30N4O/c1-4-23-22(24-12-11-19-10-9-18(3)25-15-19)26-13-14-27-21(16-26)20-8-6-5-7-17(20)2/h5-10,15,21H,4,11-14,16H2,1-3H3,(H,23,24). The molecule has 1 atom stereocenters. The number of rotatable bonds is 5. The maximum atomic E-state index is 6.06. The predicted octanol–water partition coefficient (Wildman–Crippen LogP) is 3.28. The van der Waals surface area contributed by atoms with Gasteiger partial charge < -0.3 is 15.0 Å². The molecule has 27 heavy (non-hydrogen) atoms. The van der Waals surface area contributed by atoms with Gasteiger partial charge in [-0.1, -0.05) is 30.3 Å². The molecule has 5 nitrogen and oxygen atoms in total. The minimum Gasteiger partial charge on any atom is -0.370 e. The van der Waals surface area contributed by atoms with Crippen molar-refractivity contribution in [1.29, 1.82) is 0 Å². The first-order valence-corrected chi connectivity index (χ1v) is 9.79. The third kappa shape index (κ3) is 5.30. The van der Waals surface area contributed by atoms with E-state index in [1.807, 2.05) is 13.1 Å². The molecule has 1 N–H and O–H groups in total. The molecule has 0 bridgehead atoms. The van der Waals surface area contributed by atoms with Crippen molar-refractivity contribution in [3.8, 4) is 0 Å². The highest BCUT2D eigenvalue weighted by Crippen LogP contribution is 2.25. The molecule has 1 aromatic heterocycles. The first kappa shape index (κ1) is 19.4. The molecule has 5 heteroatoms. The van der Waals surface area contributed by atoms with E-state index in [9.17, 15) is 0 Å². The van der Waals surface area contributed by atoms with Crippen LogP contribution < -0.4 is 5.32 Å². The molecule has 1 aliphatic rings. The lowest BCUT2D eigenvalue weighted by Gasteiger charge is -2.35. The molecule has 144 valence electrons. The van der Waals surface area contributed by atoms with Crippen LogP contribution >= 0.6 is 0 Å². The van der Waals surface area contributed by atoms with Crippen molar-refractivity contribution in [3.05, 3.63) is 65.0 Å². The summed E-state index contributed by atoms with van der Waals surface area (Å²) in [5, 5.41) is 3.44. The lowest BCUT2D eigenvalue weighted by molar-refractivity contribution is -0.00832. The SMILES string of the molecule is CCNC(=NCCc1ccc(C)nc1)N1CCOC(c2ccccc2C)C1. The zero-order chi connectivity index (χ0) is 19.1. The van der Waals surface area contributed by atoms with Crippen LogP contribution in [0.3, 0.4) is 0 Å². The summed E-state index contributed by atoms with van der Waals surface area (Å²) in [6.07, 6.45) is 2.93. The quantitative estimate of drug-likeness (QED) is 0.652. The first-order valence-electron chi connectivity index (χ1n) is 9.79. The van der Waals surface area contributed by atoms with Crippen LogP contribution in [0.25, 0.3) is 0 Å². The van der Waals surface area contributed by atoms with Crippen LogP contribution in [0.2, 0.25) is 0 Å². The summed E-state index contributed by atoms with van der Waals surface area (Å²) in [6, 6.07) is 12.7. The molecule has 1 aromatic carbocycles. The highest BCUT2D eigenvalue weighted by Gasteiger charge is 2.25. The zero-order valence-electron chi connectivity index (χ0n) is 16.6. The topological polar surface area (TPSA) is 49.8 Å². The van der Waals surface area contributed by atoms with E-state index in [0.29, 0.717) is 6.61 Å². The molecule has 3 rings (SSSR count). The molecule has 2 heterocycles. The second kappa shape index (κ2) is 9.51. The molecule has 1 unspecified atom stereocenters. The van der Waals surface area contributed by atoms with E-state index in [1.165, 1.54) is 16.7 Å². The Balaban J connectivity index is 1.66. The van der Waals surface area contributed by atoms with Crippen LogP contribution in [0.4, 0.5) is 0 Å². The largest absolute Gasteiger partial charge is 0.370 e. The van der Waals surface area contributed by atoms with Crippen molar-refractivity contribution in [2.75, 3.05) is 32.8 Å². The van der Waals surface area contributed by atoms with Crippen molar-refractivity contribution in [3.63, 3.8) is 0 Å². The van der Waals surface area contributed by atoms with Crippen LogP contribution in [0.5, 0.6) is 0 Å². The van der Waals surface area contributed by atoms with Gasteiger partial charge in [0.05, 0.1) is 13.2 Å². The molecule has 0 radical (unpaired) electrons. The summed E-state index contributed by atoms with van der Waals surface area (Å²) >= 11 is 0. The fraction of sp³-hybridized carbons (Fsp3) is 0.455. The van der Waals surface area contributed by atoms with E-state index < -0.39 is 0 Å². The van der Waals surface area contributed by atoms with Crippen molar-refractivity contribution in [1.82, 2.24) is 15.2 Å². The number of morpholine rings is 1. The summed E-state index contributed by atoms with van der Waals surface area (Å²) in [6.45, 7) is 10.3. The van der Waals surface area contributed by atoms with Crippen LogP contribution in [0, 0.1) is 13.8 Å². The van der Waals surface area contributed by atoms with Gasteiger partial charge in [-0.05, 0) is 49.9 Å². The fourth-order valence-corrected chi connectivity index (χ4v) is 3.34. The van der Waals surface area contributed by atoms with Gasteiger partial charge in [0.2, 0.25) is 0 Å². The summed E-state index contributed by atoms with van der Waals surface area (Å²) in [5.74, 6) is 0.972. The van der Waals surface area contributed by atoms with Crippen LogP contribution in [-0.2, 0) is 11.2 Å². The minimum absolute atomic E-state index is 0.0881. The van der Waals surface area contributed by atoms with Gasteiger partial charge in [0.15, 0.2) is 5.96 Å². The number of aryl methyl sites for hydroxylation is 2. The molecular formula is C22H30N4O. The second-order valence-electron chi connectivity index (χ2n) is 6.96. The fourth-order valence-electron chi connectivity index (χ4n) is 3.34. The number of nitrogens with zero attached hydrogens (tertiary/aromatic N) is 3. The number of benzene rings is 1. The van der Waals surface area contributed by atoms with Gasteiger partial charge in [-0.25, -0.2) is 0 Å². The molecule has 1 saturated heterocycles. The highest BCUT2D eigenvalue weighted by atomic mass is 16.5. The third-order valence-corrected chi connectivity index (χ3v) is 4.87. The van der Waals surface area contributed by atoms with Gasteiger partial charge in [0, 0.05) is 31.5 Å². The highest BCUT2D eigenvalue weighted by molar-refractivity contribution is 5.80. The molecule has 0 spiro atoms. The van der Waals surface area contributed by atoms with E-state index in [2.05, 4.69) is 65.4 Å². The van der Waals surface area contributed by atoms with E-state index in [1.54, 1.807) is 0 Å². The lowest BCUT2D eigenvalue weighted by atomic mass is 10.0. The molecule has 2 aromatic rings. The van der Waals surface area contributed by atoms with Gasteiger partial charge in [-0.15, -0.1) is 0 Å². The van der Waals surface area contributed by atoms with Gasteiger partial charge in [0.25, 0.3) is 0 Å². The Bertz CT molecular complexity index is 757. The number of hydrogen-bond acceptors (Lipinski definition) is 3. The average Bonchev–Trinajstić information content (AvgIpc) is 2.69. The van der Waals surface area contributed by atoms with Gasteiger partial charge in [0.1, 0.15) is 6.10 Å². The van der Waals surface area contributed by atoms with Crippen LogP contribution in [0.15, 0.2) is 47.6 Å². The number of ether oxygens (including phenoxy) is 1. The number of aromatic nitrogens is 1. The normalized spacial score (nSPS) is 17.8. The lowest BCUT2D eigenvalue weighted by Crippen LogP contribution is -2.48. The van der Waals surface area contributed by atoms with Crippen LogP contribution in [0.1, 0.15) is 35.4 Å². The minimum atomic E-state index is 0.0881. The molecule has 0 saturated carbocycles. The van der Waals surface area contributed by atoms with Crippen molar-refractivity contribution in [2.45, 2.75) is 33.3 Å². The molecule has 1 fully saturated rings. The van der Waals surface area contributed by atoms with Crippen LogP contribution in [-0.4, -0.2) is 48.6 Å². The summed E-state index contributed by atoms with van der Waals surface area (Å²) in [5.41, 5.74) is 4.81. The van der Waals surface area contributed by atoms with Gasteiger partial charge >= 0.3 is 0 Å². The average molecular weight is 367 g/mol. The van der Waals surface area contributed by atoms with Crippen molar-refractivity contribution >= 4 is 5.96 Å². The number of guanidine groups is 1. The van der Waals surface area contributed by atoms with E-state index in [0.717, 1.165) is 44.3 Å². The zero-order valence-corrected chi connectivity index (χ0v) is 16.6. The number of aliphatic imine (C=N–C) groups is 1. The Labute approximate surface area is 162 Å². The van der Waals surface area contributed by atoms with Crippen molar-refractivity contribution in [2.24, 2.45) is 4.99 Å². The second-order valence-corrected chi connectivity index (χ2v) is 6.96. The maximum Gasteiger partial charge on any atom is 0.194 e. The smallest absolute Gasteiger partial charge is 0.194 e. The summed E-state index contributed by atoms with van der Waals surface area (Å²) < 4.78 is 6.06. The number of hydrogen-bond donors (Lipinski definition) is 1. The first-order chi connectivity index (χ1) is 13.2. The summed E-state index contributed by atoms with van der Waals surface area (Å²) in [7, 11) is 0. The van der Waals surface area contributed by atoms with E-state index in [-0.39, 0.29) is 6.10 Å². The van der Waals surface area contributed by atoms with E-state index >= 15 is 0 Å². The summed E-state index contributed by atoms with van der Waals surface area (Å²) in [4.78, 5) is 11.5. The monoisotopic (exact) mass is 366 g/mol. The van der Waals surface area contributed by atoms with Gasteiger partial charge in [-0.3, -0.25) is 9.98 Å². The number of pyridine rings is 1. The Morgan fingerprint density at radius 3 is 2.85 bits per heavy atom. The Hall–Kier alpha value is -2.40. The van der Waals surface area contributed by atoms with E-state index in [4.69, 9.17) is 9.73 Å². The maximum absolute atomic E-state index is 6.06. The van der Waals surface area contributed by atoms with Crippen molar-refractivity contribution < 1.29 is 4.74 Å². The molecular weight excluding hydrogens is 336 g/mol.